The summed E-state index contributed by atoms with van der Waals surface area (Å²) in [5.74, 6) is 1.85. The Hall–Kier alpha value is -2.29. The third-order valence-corrected chi connectivity index (χ3v) is 5.92. The largest absolute Gasteiger partial charge is 0.486 e. The molecule has 2 aliphatic rings. The topological polar surface area (TPSA) is 82.4 Å². The zero-order valence-corrected chi connectivity index (χ0v) is 16.3. The number of hydrogen-bond acceptors (Lipinski definition) is 7. The van der Waals surface area contributed by atoms with E-state index in [2.05, 4.69) is 29.4 Å². The first-order chi connectivity index (χ1) is 13.1. The second-order valence-electron chi connectivity index (χ2n) is 6.92. The third-order valence-electron chi connectivity index (χ3n) is 5.02. The van der Waals surface area contributed by atoms with Crippen LogP contribution in [0.5, 0.6) is 11.5 Å². The molecule has 0 N–H and O–H groups in total. The van der Waals surface area contributed by atoms with E-state index in [9.17, 15) is 4.79 Å². The molecule has 27 heavy (non-hydrogen) atoms. The minimum absolute atomic E-state index is 0.136. The summed E-state index contributed by atoms with van der Waals surface area (Å²) in [7, 11) is 0. The summed E-state index contributed by atoms with van der Waals surface area (Å²) in [6.45, 7) is 5.32. The van der Waals surface area contributed by atoms with Crippen LogP contribution in [-0.4, -0.2) is 62.1 Å². The van der Waals surface area contributed by atoms with Crippen LogP contribution in [0.25, 0.3) is 5.69 Å². The number of piperidine rings is 1. The molecule has 1 saturated heterocycles. The molecule has 0 spiro atoms. The van der Waals surface area contributed by atoms with Crippen LogP contribution in [0.3, 0.4) is 0 Å². The third kappa shape index (κ3) is 3.73. The first kappa shape index (κ1) is 18.1. The zero-order valence-electron chi connectivity index (χ0n) is 15.5. The van der Waals surface area contributed by atoms with Gasteiger partial charge in [0.2, 0.25) is 11.1 Å². The summed E-state index contributed by atoms with van der Waals surface area (Å²) in [4.78, 5) is 14.8. The molecular formula is C18H23N5O3S. The summed E-state index contributed by atoms with van der Waals surface area (Å²) in [6, 6.07) is 6.16. The maximum atomic E-state index is 12.7. The van der Waals surface area contributed by atoms with E-state index in [1.807, 2.05) is 23.1 Å². The van der Waals surface area contributed by atoms with E-state index < -0.39 is 0 Å². The van der Waals surface area contributed by atoms with Crippen LogP contribution in [0.1, 0.15) is 33.1 Å². The number of nitrogens with zero attached hydrogens (tertiary/aromatic N) is 5. The smallest absolute Gasteiger partial charge is 0.233 e. The van der Waals surface area contributed by atoms with E-state index in [-0.39, 0.29) is 18.0 Å². The lowest BCUT2D eigenvalue weighted by atomic mass is 9.98. The summed E-state index contributed by atoms with van der Waals surface area (Å²) in [5, 5.41) is 12.5. The Morgan fingerprint density at radius 2 is 1.93 bits per heavy atom. The van der Waals surface area contributed by atoms with E-state index >= 15 is 0 Å². The Labute approximate surface area is 162 Å². The van der Waals surface area contributed by atoms with Gasteiger partial charge in [0, 0.05) is 18.2 Å². The first-order valence-corrected chi connectivity index (χ1v) is 10.2. The van der Waals surface area contributed by atoms with Gasteiger partial charge in [0.1, 0.15) is 13.2 Å². The summed E-state index contributed by atoms with van der Waals surface area (Å²) in [6.07, 6.45) is 3.31. The summed E-state index contributed by atoms with van der Waals surface area (Å²) < 4.78 is 12.8. The van der Waals surface area contributed by atoms with E-state index in [0.29, 0.717) is 29.9 Å². The normalized spacial score (nSPS) is 21.9. The van der Waals surface area contributed by atoms with Crippen molar-refractivity contribution in [3.8, 4) is 17.2 Å². The number of amides is 1. The summed E-state index contributed by atoms with van der Waals surface area (Å²) in [5.41, 5.74) is 0.777. The lowest BCUT2D eigenvalue weighted by molar-refractivity contribution is -0.134. The minimum Gasteiger partial charge on any atom is -0.486 e. The highest BCUT2D eigenvalue weighted by Crippen LogP contribution is 2.33. The average Bonchev–Trinajstić information content (AvgIpc) is 3.14. The van der Waals surface area contributed by atoms with Gasteiger partial charge in [-0.15, -0.1) is 5.10 Å². The van der Waals surface area contributed by atoms with Gasteiger partial charge in [-0.05, 0) is 55.7 Å². The fourth-order valence-electron chi connectivity index (χ4n) is 3.71. The Morgan fingerprint density at radius 3 is 2.70 bits per heavy atom. The number of carbonyl (C=O) groups excluding carboxylic acids is 1. The number of thioether (sulfide) groups is 1. The molecule has 1 fully saturated rings. The number of fused-ring (bicyclic) bond motifs is 1. The first-order valence-electron chi connectivity index (χ1n) is 9.26. The van der Waals surface area contributed by atoms with Gasteiger partial charge in [0.25, 0.3) is 0 Å². The van der Waals surface area contributed by atoms with Crippen molar-refractivity contribution in [3.05, 3.63) is 18.2 Å². The van der Waals surface area contributed by atoms with E-state index in [1.165, 1.54) is 18.2 Å². The van der Waals surface area contributed by atoms with Crippen molar-refractivity contribution in [2.75, 3.05) is 19.0 Å². The van der Waals surface area contributed by atoms with E-state index in [1.54, 1.807) is 4.68 Å². The van der Waals surface area contributed by atoms with Crippen LogP contribution in [0.2, 0.25) is 0 Å². The number of rotatable bonds is 4. The maximum absolute atomic E-state index is 12.7. The molecule has 0 radical (unpaired) electrons. The van der Waals surface area contributed by atoms with Crippen molar-refractivity contribution in [1.82, 2.24) is 25.1 Å². The van der Waals surface area contributed by atoms with E-state index in [0.717, 1.165) is 24.3 Å². The van der Waals surface area contributed by atoms with Gasteiger partial charge >= 0.3 is 0 Å². The van der Waals surface area contributed by atoms with Crippen molar-refractivity contribution in [3.63, 3.8) is 0 Å². The maximum Gasteiger partial charge on any atom is 0.233 e. The molecule has 1 amide bonds. The van der Waals surface area contributed by atoms with Crippen molar-refractivity contribution >= 4 is 17.7 Å². The van der Waals surface area contributed by atoms with Gasteiger partial charge in [-0.2, -0.15) is 4.68 Å². The number of carbonyl (C=O) groups is 1. The van der Waals surface area contributed by atoms with Crippen LogP contribution in [-0.2, 0) is 4.79 Å². The second-order valence-corrected chi connectivity index (χ2v) is 7.86. The van der Waals surface area contributed by atoms with Crippen LogP contribution in [0.15, 0.2) is 23.4 Å². The molecule has 0 saturated carbocycles. The Balaban J connectivity index is 1.47. The van der Waals surface area contributed by atoms with Gasteiger partial charge in [-0.25, -0.2) is 0 Å². The minimum atomic E-state index is 0.136. The molecular weight excluding hydrogens is 366 g/mol. The zero-order chi connectivity index (χ0) is 18.8. The quantitative estimate of drug-likeness (QED) is 0.742. The predicted octanol–water partition coefficient (Wildman–Crippen LogP) is 2.32. The van der Waals surface area contributed by atoms with Crippen LogP contribution in [0, 0.1) is 0 Å². The lowest BCUT2D eigenvalue weighted by Gasteiger charge is -2.39. The van der Waals surface area contributed by atoms with Gasteiger partial charge in [-0.1, -0.05) is 11.8 Å². The fourth-order valence-corrected chi connectivity index (χ4v) is 4.47. The molecule has 2 atom stereocenters. The predicted molar refractivity (Wildman–Crippen MR) is 100 cm³/mol. The SMILES string of the molecule is C[C@H]1CCC[C@H](C)N1C(=O)CSc1nnnn1-c1ccc2c(c1)OCCO2. The summed E-state index contributed by atoms with van der Waals surface area (Å²) >= 11 is 1.36. The molecule has 1 aromatic carbocycles. The van der Waals surface area contributed by atoms with Crippen molar-refractivity contribution in [2.45, 2.75) is 50.4 Å². The lowest BCUT2D eigenvalue weighted by Crippen LogP contribution is -2.48. The molecule has 144 valence electrons. The molecule has 8 nitrogen and oxygen atoms in total. The van der Waals surface area contributed by atoms with Crippen molar-refractivity contribution < 1.29 is 14.3 Å². The number of ether oxygens (including phenoxy) is 2. The molecule has 2 aromatic rings. The molecule has 1 aromatic heterocycles. The highest BCUT2D eigenvalue weighted by atomic mass is 32.2. The standard InChI is InChI=1S/C18H23N5O3S/c1-12-4-3-5-13(2)22(12)17(24)11-27-18-19-20-21-23(18)14-6-7-15-16(10-14)26-9-8-25-15/h6-7,10,12-13H,3-5,8-9,11H2,1-2H3/t12-,13-/m0/s1. The molecule has 3 heterocycles. The van der Waals surface area contributed by atoms with Crippen LogP contribution in [0.4, 0.5) is 0 Å². The molecule has 0 bridgehead atoms. The number of tetrazole rings is 1. The van der Waals surface area contributed by atoms with Crippen LogP contribution >= 0.6 is 11.8 Å². The van der Waals surface area contributed by atoms with Gasteiger partial charge < -0.3 is 14.4 Å². The highest BCUT2D eigenvalue weighted by Gasteiger charge is 2.29. The molecule has 2 aliphatic heterocycles. The van der Waals surface area contributed by atoms with E-state index in [4.69, 9.17) is 9.47 Å². The van der Waals surface area contributed by atoms with Crippen molar-refractivity contribution in [2.24, 2.45) is 0 Å². The highest BCUT2D eigenvalue weighted by molar-refractivity contribution is 7.99. The van der Waals surface area contributed by atoms with Crippen molar-refractivity contribution in [1.29, 1.82) is 0 Å². The fraction of sp³-hybridized carbons (Fsp3) is 0.556. The Bertz CT molecular complexity index is 817. The average molecular weight is 389 g/mol. The Morgan fingerprint density at radius 1 is 1.19 bits per heavy atom. The number of benzene rings is 1. The molecule has 9 heteroatoms. The van der Waals surface area contributed by atoms with Gasteiger partial charge in [-0.3, -0.25) is 4.79 Å². The molecule has 0 aliphatic carbocycles. The van der Waals surface area contributed by atoms with Gasteiger partial charge in [0.05, 0.1) is 11.4 Å². The van der Waals surface area contributed by atoms with Gasteiger partial charge in [0.15, 0.2) is 11.5 Å². The Kier molecular flexibility index (Phi) is 5.20. The second kappa shape index (κ2) is 7.75. The number of likely N-dealkylation sites (tertiary alicyclic amines) is 1. The number of aromatic nitrogens is 4. The molecule has 0 unspecified atom stereocenters. The monoisotopic (exact) mass is 389 g/mol. The van der Waals surface area contributed by atoms with Crippen LogP contribution < -0.4 is 9.47 Å². The number of hydrogen-bond donors (Lipinski definition) is 0. The molecule has 4 rings (SSSR count).